The van der Waals surface area contributed by atoms with E-state index < -0.39 is 59.6 Å². The summed E-state index contributed by atoms with van der Waals surface area (Å²) in [5, 5.41) is 16.3. The number of hydrogen-bond donors (Lipinski definition) is 3. The molecule has 0 bridgehead atoms. The lowest BCUT2D eigenvalue weighted by Crippen LogP contribution is -2.56. The Hall–Kier alpha value is -5.26. The number of nitrogens with one attached hydrogen (secondary N) is 2. The van der Waals surface area contributed by atoms with Crippen LogP contribution in [-0.2, 0) is 28.7 Å². The Labute approximate surface area is 322 Å². The van der Waals surface area contributed by atoms with Gasteiger partial charge in [0.05, 0.1) is 37.3 Å². The minimum absolute atomic E-state index is 0.0795. The van der Waals surface area contributed by atoms with Gasteiger partial charge in [-0.3, -0.25) is 19.2 Å². The van der Waals surface area contributed by atoms with E-state index in [1.807, 2.05) is 49.4 Å². The monoisotopic (exact) mass is 755 g/mol. The topological polar surface area (TPSA) is 170 Å². The quantitative estimate of drug-likeness (QED) is 0.130. The van der Waals surface area contributed by atoms with Crippen LogP contribution in [-0.4, -0.2) is 72.0 Å². The van der Waals surface area contributed by atoms with Gasteiger partial charge in [0.1, 0.15) is 35.5 Å². The van der Waals surface area contributed by atoms with Crippen LogP contribution in [0.2, 0.25) is 0 Å². The fraction of sp³-hybridized carbons (Fsp3) is 0.488. The highest BCUT2D eigenvalue weighted by molar-refractivity contribution is 6.04. The first kappa shape index (κ1) is 40.9. The van der Waals surface area contributed by atoms with Gasteiger partial charge in [-0.05, 0) is 49.3 Å². The number of aromatic nitrogens is 1. The van der Waals surface area contributed by atoms with E-state index in [1.54, 1.807) is 39.2 Å². The van der Waals surface area contributed by atoms with Gasteiger partial charge in [-0.2, -0.15) is 0 Å². The number of benzene rings is 2. The highest BCUT2D eigenvalue weighted by atomic mass is 16.5. The van der Waals surface area contributed by atoms with Crippen molar-refractivity contribution in [3.05, 3.63) is 66.2 Å². The van der Waals surface area contributed by atoms with Crippen LogP contribution in [0.3, 0.4) is 0 Å². The molecule has 2 amide bonds. The zero-order valence-corrected chi connectivity index (χ0v) is 32.3. The Morgan fingerprint density at radius 1 is 0.945 bits per heavy atom. The molecule has 0 unspecified atom stereocenters. The number of ether oxygens (including phenoxy) is 3. The second-order valence-corrected chi connectivity index (χ2v) is 14.9. The number of Topliss-reactive ketones (excluding diaryl/α,β-unsaturated/α-hetero) is 1. The number of esters is 1. The van der Waals surface area contributed by atoms with Crippen molar-refractivity contribution in [2.45, 2.75) is 96.7 Å². The van der Waals surface area contributed by atoms with Crippen molar-refractivity contribution in [1.29, 1.82) is 0 Å². The molecule has 5 rings (SSSR count). The summed E-state index contributed by atoms with van der Waals surface area (Å²) in [6, 6.07) is 15.0. The molecule has 1 heterocycles. The number of methoxy groups -OCH3 is 2. The highest BCUT2D eigenvalue weighted by Crippen LogP contribution is 2.37. The third kappa shape index (κ3) is 10.1. The maximum atomic E-state index is 14.2. The summed E-state index contributed by atoms with van der Waals surface area (Å²) in [6.07, 6.45) is 6.09. The van der Waals surface area contributed by atoms with Crippen molar-refractivity contribution in [3.63, 3.8) is 0 Å². The van der Waals surface area contributed by atoms with Crippen LogP contribution in [0.1, 0.15) is 78.6 Å². The van der Waals surface area contributed by atoms with Gasteiger partial charge in [0.25, 0.3) is 0 Å². The molecule has 3 aromatic rings. The number of carboxylic acids is 1. The Morgan fingerprint density at radius 2 is 1.67 bits per heavy atom. The van der Waals surface area contributed by atoms with Crippen molar-refractivity contribution in [2.24, 2.45) is 23.7 Å². The molecule has 12 heteroatoms. The Balaban J connectivity index is 1.46. The Bertz CT molecular complexity index is 1890. The molecule has 294 valence electrons. The van der Waals surface area contributed by atoms with Gasteiger partial charge in [0.15, 0.2) is 0 Å². The fourth-order valence-electron chi connectivity index (χ4n) is 7.70. The molecule has 1 saturated carbocycles. The van der Waals surface area contributed by atoms with E-state index in [-0.39, 0.29) is 30.3 Å². The van der Waals surface area contributed by atoms with Crippen LogP contribution in [0.4, 0.5) is 0 Å². The SMILES string of the molecule is CCC[C@H](CC(=O)[C@H]1C[C@H](Oc2cc(-c3ccccc3)nc3cc(OC)ccc23)C=C1C(=O)N[C@H](C(=O)N[C@H](C(=O)OC)C1CCCCC1)C(C)C)C(=O)O. The number of hydrogen-bond acceptors (Lipinski definition) is 9. The van der Waals surface area contributed by atoms with Crippen LogP contribution < -0.4 is 20.1 Å². The first-order valence-corrected chi connectivity index (χ1v) is 19.3. The standard InChI is InChI=1S/C43H53N3O9/c1-6-13-28(42(50)51)20-36(47)32-21-30(55-37-24-34(26-14-9-7-10-15-26)44-35-23-29(53-4)18-19-31(35)37)22-33(32)40(48)45-38(25(2)3)41(49)46-39(43(52)54-5)27-16-11-8-12-17-27/h7,9-10,14-15,18-19,22-25,27-28,30,32,38-39H,6,8,11-13,16-17,20-21H2,1-5H3,(H,45,48)(H,46,49)(H,50,51)/t28-,30+,32+,38+,39+/m1/s1. The minimum atomic E-state index is -1.07. The predicted octanol–water partition coefficient (Wildman–Crippen LogP) is 6.44. The van der Waals surface area contributed by atoms with Crippen molar-refractivity contribution < 1.29 is 43.3 Å². The molecule has 2 aromatic carbocycles. The van der Waals surface area contributed by atoms with E-state index in [0.717, 1.165) is 37.7 Å². The molecule has 3 N–H and O–H groups in total. The summed E-state index contributed by atoms with van der Waals surface area (Å²) in [5.41, 5.74) is 2.24. The lowest BCUT2D eigenvalue weighted by molar-refractivity contribution is -0.147. The molecule has 0 radical (unpaired) electrons. The van der Waals surface area contributed by atoms with Gasteiger partial charge >= 0.3 is 11.9 Å². The van der Waals surface area contributed by atoms with Gasteiger partial charge in [-0.1, -0.05) is 76.8 Å². The number of fused-ring (bicyclic) bond motifs is 1. The van der Waals surface area contributed by atoms with E-state index in [4.69, 9.17) is 19.2 Å². The molecule has 0 aliphatic heterocycles. The van der Waals surface area contributed by atoms with E-state index in [1.165, 1.54) is 7.11 Å². The third-order valence-electron chi connectivity index (χ3n) is 10.7. The molecule has 2 aliphatic carbocycles. The number of rotatable bonds is 17. The van der Waals surface area contributed by atoms with Crippen LogP contribution >= 0.6 is 0 Å². The number of pyridine rings is 1. The molecular formula is C43H53N3O9. The summed E-state index contributed by atoms with van der Waals surface area (Å²) < 4.78 is 17.1. The van der Waals surface area contributed by atoms with Gasteiger partial charge in [-0.15, -0.1) is 0 Å². The molecule has 5 atom stereocenters. The number of carbonyl (C=O) groups excluding carboxylic acids is 4. The lowest BCUT2D eigenvalue weighted by atomic mass is 9.83. The Kier molecular flexibility index (Phi) is 14.0. The molecule has 1 aromatic heterocycles. The summed E-state index contributed by atoms with van der Waals surface area (Å²) >= 11 is 0. The van der Waals surface area contributed by atoms with Crippen LogP contribution in [0, 0.1) is 23.7 Å². The van der Waals surface area contributed by atoms with E-state index in [2.05, 4.69) is 10.6 Å². The maximum Gasteiger partial charge on any atom is 0.328 e. The normalized spacial score (nSPS) is 18.8. The van der Waals surface area contributed by atoms with Crippen LogP contribution in [0.25, 0.3) is 22.2 Å². The van der Waals surface area contributed by atoms with Gasteiger partial charge in [0, 0.05) is 41.5 Å². The number of carboxylic acid groups (broad SMARTS) is 1. The molecule has 1 fully saturated rings. The Morgan fingerprint density at radius 3 is 2.31 bits per heavy atom. The summed E-state index contributed by atoms with van der Waals surface area (Å²) in [7, 11) is 2.86. The molecule has 2 aliphatic rings. The largest absolute Gasteiger partial charge is 0.497 e. The second-order valence-electron chi connectivity index (χ2n) is 14.9. The number of ketones is 1. The summed E-state index contributed by atoms with van der Waals surface area (Å²) in [4.78, 5) is 71.8. The second kappa shape index (κ2) is 18.9. The first-order valence-electron chi connectivity index (χ1n) is 19.3. The van der Waals surface area contributed by atoms with Crippen molar-refractivity contribution in [1.82, 2.24) is 15.6 Å². The van der Waals surface area contributed by atoms with Gasteiger partial charge in [0.2, 0.25) is 11.8 Å². The summed E-state index contributed by atoms with van der Waals surface area (Å²) in [6.45, 7) is 5.42. The molecule has 0 saturated heterocycles. The first-order chi connectivity index (χ1) is 26.4. The van der Waals surface area contributed by atoms with Gasteiger partial charge < -0.3 is 30.0 Å². The van der Waals surface area contributed by atoms with Crippen molar-refractivity contribution in [2.75, 3.05) is 14.2 Å². The van der Waals surface area contributed by atoms with Crippen molar-refractivity contribution in [3.8, 4) is 22.8 Å². The fourth-order valence-corrected chi connectivity index (χ4v) is 7.70. The average Bonchev–Trinajstić information content (AvgIpc) is 3.62. The smallest absolute Gasteiger partial charge is 0.328 e. The minimum Gasteiger partial charge on any atom is -0.497 e. The highest BCUT2D eigenvalue weighted by Gasteiger charge is 2.40. The number of aliphatic carboxylic acids is 1. The van der Waals surface area contributed by atoms with E-state index in [0.29, 0.717) is 40.9 Å². The summed E-state index contributed by atoms with van der Waals surface area (Å²) in [5.74, 6) is -4.41. The molecule has 55 heavy (non-hydrogen) atoms. The molecular weight excluding hydrogens is 702 g/mol. The van der Waals surface area contributed by atoms with E-state index >= 15 is 0 Å². The zero-order chi connectivity index (χ0) is 39.6. The number of amides is 2. The maximum absolute atomic E-state index is 14.2. The lowest BCUT2D eigenvalue weighted by Gasteiger charge is -2.31. The predicted molar refractivity (Wildman–Crippen MR) is 207 cm³/mol. The molecule has 12 nitrogen and oxygen atoms in total. The number of carbonyl (C=O) groups is 5. The van der Waals surface area contributed by atoms with Crippen LogP contribution in [0.15, 0.2) is 66.2 Å². The van der Waals surface area contributed by atoms with E-state index in [9.17, 15) is 29.1 Å². The zero-order valence-electron chi connectivity index (χ0n) is 32.3. The van der Waals surface area contributed by atoms with Crippen LogP contribution in [0.5, 0.6) is 11.5 Å². The average molecular weight is 756 g/mol. The van der Waals surface area contributed by atoms with Gasteiger partial charge in [-0.25, -0.2) is 9.78 Å². The molecule has 0 spiro atoms. The van der Waals surface area contributed by atoms with Crippen molar-refractivity contribution >= 4 is 40.4 Å². The number of nitrogens with zero attached hydrogens (tertiary/aromatic N) is 1. The third-order valence-corrected chi connectivity index (χ3v) is 10.7.